The average molecular weight is 303 g/mol. The molecule has 0 aromatic heterocycles. The van der Waals surface area contributed by atoms with Crippen molar-refractivity contribution in [2.24, 2.45) is 5.73 Å². The van der Waals surface area contributed by atoms with Crippen LogP contribution in [-0.4, -0.2) is 30.9 Å². The molecule has 0 aliphatic carbocycles. The van der Waals surface area contributed by atoms with Gasteiger partial charge < -0.3 is 15.8 Å². The Hall–Kier alpha value is -0.910. The predicted octanol–water partition coefficient (Wildman–Crippen LogP) is 1.57. The number of ether oxygens (including phenoxy) is 1. The average Bonchev–Trinajstić information content (AvgIpc) is 2.86. The van der Waals surface area contributed by atoms with Crippen LogP contribution < -0.4 is 15.8 Å². The van der Waals surface area contributed by atoms with Crippen LogP contribution in [0.2, 0.25) is 0 Å². The lowest BCUT2D eigenvalue weighted by Gasteiger charge is -2.08. The number of nitrogens with two attached hydrogens (primary N) is 1. The molecule has 0 unspecified atom stereocenters. The highest BCUT2D eigenvalue weighted by atomic mass is 35.5. The van der Waals surface area contributed by atoms with Crippen LogP contribution >= 0.6 is 24.2 Å². The van der Waals surface area contributed by atoms with Gasteiger partial charge in [0.25, 0.3) is 0 Å². The van der Waals surface area contributed by atoms with Gasteiger partial charge in [-0.05, 0) is 24.1 Å². The highest BCUT2D eigenvalue weighted by Gasteiger charge is 2.27. The van der Waals surface area contributed by atoms with Crippen molar-refractivity contribution >= 4 is 30.1 Å². The van der Waals surface area contributed by atoms with Crippen LogP contribution in [0.25, 0.3) is 0 Å². The molecule has 1 aromatic rings. The summed E-state index contributed by atoms with van der Waals surface area (Å²) in [6.07, 6.45) is 0.830. The van der Waals surface area contributed by atoms with Gasteiger partial charge >= 0.3 is 0 Å². The zero-order chi connectivity index (χ0) is 13.0. The topological polar surface area (TPSA) is 64.3 Å². The lowest BCUT2D eigenvalue weighted by molar-refractivity contribution is -0.119. The van der Waals surface area contributed by atoms with Crippen LogP contribution in [0.4, 0.5) is 0 Å². The first-order valence-corrected chi connectivity index (χ1v) is 7.01. The maximum atomic E-state index is 11.0. The van der Waals surface area contributed by atoms with E-state index in [2.05, 4.69) is 17.4 Å². The predicted molar refractivity (Wildman–Crippen MR) is 80.9 cm³/mol. The second kappa shape index (κ2) is 7.62. The summed E-state index contributed by atoms with van der Waals surface area (Å²) in [6, 6.07) is 7.92. The monoisotopic (exact) mass is 302 g/mol. The van der Waals surface area contributed by atoms with E-state index in [-0.39, 0.29) is 24.4 Å². The van der Waals surface area contributed by atoms with Crippen molar-refractivity contribution in [1.82, 2.24) is 5.32 Å². The van der Waals surface area contributed by atoms with Gasteiger partial charge in [-0.1, -0.05) is 12.1 Å². The zero-order valence-corrected chi connectivity index (χ0v) is 12.4. The normalized spacial score (nSPS) is 21.7. The summed E-state index contributed by atoms with van der Waals surface area (Å²) in [4.78, 5) is 11.0. The van der Waals surface area contributed by atoms with E-state index in [0.717, 1.165) is 24.5 Å². The lowest BCUT2D eigenvalue weighted by Crippen LogP contribution is -2.36. The second-order valence-corrected chi connectivity index (χ2v) is 5.67. The number of primary amides is 1. The van der Waals surface area contributed by atoms with Gasteiger partial charge in [0.2, 0.25) is 5.91 Å². The molecule has 6 heteroatoms. The molecule has 2 atom stereocenters. The third kappa shape index (κ3) is 4.60. The molecule has 0 bridgehead atoms. The Kier molecular flexibility index (Phi) is 6.48. The molecule has 1 saturated heterocycles. The number of thioether (sulfide) groups is 1. The van der Waals surface area contributed by atoms with Crippen molar-refractivity contribution in [1.29, 1.82) is 0 Å². The first kappa shape index (κ1) is 16.1. The number of halogens is 1. The molecule has 0 radical (unpaired) electrons. The summed E-state index contributed by atoms with van der Waals surface area (Å²) in [5, 5.41) is 3.61. The van der Waals surface area contributed by atoms with Gasteiger partial charge in [0, 0.05) is 17.5 Å². The molecule has 3 N–H and O–H groups in total. The van der Waals surface area contributed by atoms with E-state index in [9.17, 15) is 4.79 Å². The minimum atomic E-state index is -0.248. The van der Waals surface area contributed by atoms with E-state index in [1.165, 1.54) is 5.56 Å². The Morgan fingerprint density at radius 2 is 2.16 bits per heavy atom. The quantitative estimate of drug-likeness (QED) is 0.866. The van der Waals surface area contributed by atoms with Crippen LogP contribution in [0.5, 0.6) is 5.75 Å². The Balaban J connectivity index is 0.00000180. The molecule has 2 rings (SSSR count). The Labute approximate surface area is 123 Å². The molecule has 1 aliphatic heterocycles. The van der Waals surface area contributed by atoms with E-state index in [1.54, 1.807) is 7.11 Å². The highest BCUT2D eigenvalue weighted by molar-refractivity contribution is 7.99. The zero-order valence-electron chi connectivity index (χ0n) is 10.8. The number of rotatable bonds is 5. The maximum Gasteiger partial charge on any atom is 0.234 e. The molecule has 19 heavy (non-hydrogen) atoms. The summed E-state index contributed by atoms with van der Waals surface area (Å²) >= 11 is 1.86. The maximum absolute atomic E-state index is 11.0. The number of nitrogens with one attached hydrogen (secondary N) is 1. The number of hydrogen-bond acceptors (Lipinski definition) is 4. The fourth-order valence-electron chi connectivity index (χ4n) is 1.98. The number of benzene rings is 1. The van der Waals surface area contributed by atoms with E-state index in [4.69, 9.17) is 10.5 Å². The van der Waals surface area contributed by atoms with Crippen molar-refractivity contribution in [2.45, 2.75) is 23.5 Å². The van der Waals surface area contributed by atoms with Crippen LogP contribution in [0.15, 0.2) is 24.3 Å². The number of amides is 1. The summed E-state index contributed by atoms with van der Waals surface area (Å²) in [6.45, 7) is 0.856. The van der Waals surface area contributed by atoms with Gasteiger partial charge in [-0.15, -0.1) is 12.4 Å². The van der Waals surface area contributed by atoms with E-state index >= 15 is 0 Å². The van der Waals surface area contributed by atoms with E-state index in [1.807, 2.05) is 23.9 Å². The molecule has 1 fully saturated rings. The molecule has 1 aliphatic rings. The molecule has 1 aromatic carbocycles. The first-order valence-electron chi connectivity index (χ1n) is 5.96. The molecule has 1 amide bonds. The number of carbonyl (C=O) groups excluding carboxylic acids is 1. The van der Waals surface area contributed by atoms with Crippen molar-refractivity contribution < 1.29 is 9.53 Å². The molecule has 1 heterocycles. The second-order valence-electron chi connectivity index (χ2n) is 4.38. The van der Waals surface area contributed by atoms with Gasteiger partial charge in [-0.2, -0.15) is 11.8 Å². The minimum Gasteiger partial charge on any atom is -0.497 e. The summed E-state index contributed by atoms with van der Waals surface area (Å²) in [5.74, 6) is 1.57. The smallest absolute Gasteiger partial charge is 0.234 e. The number of methoxy groups -OCH3 is 1. The van der Waals surface area contributed by atoms with Gasteiger partial charge in [-0.25, -0.2) is 0 Å². The van der Waals surface area contributed by atoms with Gasteiger partial charge in [0.1, 0.15) is 5.75 Å². The van der Waals surface area contributed by atoms with Crippen LogP contribution in [0, 0.1) is 0 Å². The van der Waals surface area contributed by atoms with E-state index < -0.39 is 0 Å². The van der Waals surface area contributed by atoms with Gasteiger partial charge in [-0.3, -0.25) is 4.79 Å². The van der Waals surface area contributed by atoms with Crippen molar-refractivity contribution in [2.75, 3.05) is 13.7 Å². The third-order valence-electron chi connectivity index (χ3n) is 3.08. The Morgan fingerprint density at radius 3 is 2.68 bits per heavy atom. The fourth-order valence-corrected chi connectivity index (χ4v) is 3.15. The molecule has 0 spiro atoms. The minimum absolute atomic E-state index is 0. The number of hydrogen-bond donors (Lipinski definition) is 2. The third-order valence-corrected chi connectivity index (χ3v) is 4.41. The molecule has 4 nitrogen and oxygen atoms in total. The fraction of sp³-hybridized carbons (Fsp3) is 0.462. The molecule has 0 saturated carbocycles. The Morgan fingerprint density at radius 1 is 1.47 bits per heavy atom. The van der Waals surface area contributed by atoms with Crippen molar-refractivity contribution in [3.63, 3.8) is 0 Å². The summed E-state index contributed by atoms with van der Waals surface area (Å²) in [5.41, 5.74) is 6.54. The summed E-state index contributed by atoms with van der Waals surface area (Å²) in [7, 11) is 1.66. The first-order chi connectivity index (χ1) is 8.69. The molecular weight excluding hydrogens is 284 g/mol. The van der Waals surface area contributed by atoms with Crippen molar-refractivity contribution in [3.05, 3.63) is 29.8 Å². The van der Waals surface area contributed by atoms with Gasteiger partial charge in [0.05, 0.1) is 13.2 Å². The lowest BCUT2D eigenvalue weighted by atomic mass is 10.2. The van der Waals surface area contributed by atoms with Crippen LogP contribution in [0.1, 0.15) is 12.0 Å². The highest BCUT2D eigenvalue weighted by Crippen LogP contribution is 2.25. The summed E-state index contributed by atoms with van der Waals surface area (Å²) < 4.78 is 5.12. The standard InChI is InChI=1S/C13H18N2O2S.ClH/c1-17-10-4-2-9(3-5-10)8-18-11-6-12(13(14)16)15-7-11;/h2-5,11-12,15H,6-8H2,1H3,(H2,14,16);1H/t11-,12-;/m0./s1. The molecule has 106 valence electrons. The van der Waals surface area contributed by atoms with Crippen LogP contribution in [0.3, 0.4) is 0 Å². The van der Waals surface area contributed by atoms with Gasteiger partial charge in [0.15, 0.2) is 0 Å². The van der Waals surface area contributed by atoms with Crippen LogP contribution in [-0.2, 0) is 10.5 Å². The Bertz CT molecular complexity index is 414. The largest absolute Gasteiger partial charge is 0.497 e. The molecular formula is C13H19ClN2O2S. The van der Waals surface area contributed by atoms with E-state index in [0.29, 0.717) is 5.25 Å². The van der Waals surface area contributed by atoms with Crippen molar-refractivity contribution in [3.8, 4) is 5.75 Å². The SMILES string of the molecule is COc1ccc(CS[C@@H]2CN[C@H](C(N)=O)C2)cc1.Cl. The number of carbonyl (C=O) groups is 1.